The Labute approximate surface area is 218 Å². The van der Waals surface area contributed by atoms with Gasteiger partial charge in [-0.25, -0.2) is 20.2 Å². The van der Waals surface area contributed by atoms with Crippen LogP contribution in [0.3, 0.4) is 0 Å². The lowest BCUT2D eigenvalue weighted by Gasteiger charge is -2.14. The Morgan fingerprint density at radius 1 is 0.553 bits per heavy atom. The molecule has 5 rings (SSSR count). The van der Waals surface area contributed by atoms with Crippen molar-refractivity contribution in [2.45, 2.75) is 0 Å². The third-order valence-electron chi connectivity index (χ3n) is 5.97. The van der Waals surface area contributed by atoms with E-state index in [0.717, 1.165) is 21.5 Å². The summed E-state index contributed by atoms with van der Waals surface area (Å²) in [6, 6.07) is 33.2. The van der Waals surface area contributed by atoms with Gasteiger partial charge in [-0.1, -0.05) is 72.8 Å². The van der Waals surface area contributed by atoms with Crippen LogP contribution in [0, 0.1) is 35.8 Å². The summed E-state index contributed by atoms with van der Waals surface area (Å²) in [6.45, 7) is 15.2. The summed E-state index contributed by atoms with van der Waals surface area (Å²) in [5, 5.41) is 23.4. The highest BCUT2D eigenvalue weighted by atomic mass is 16.5. The Morgan fingerprint density at radius 2 is 0.947 bits per heavy atom. The summed E-state index contributed by atoms with van der Waals surface area (Å²) >= 11 is 0. The Balaban J connectivity index is 1.80. The maximum atomic E-state index is 9.73. The highest BCUT2D eigenvalue weighted by molar-refractivity contribution is 5.89. The molecule has 0 heterocycles. The second-order valence-electron chi connectivity index (χ2n) is 8.15. The Hall–Kier alpha value is -6.08. The molecule has 0 unspecified atom stereocenters. The zero-order valence-electron chi connectivity index (χ0n) is 19.8. The van der Waals surface area contributed by atoms with E-state index in [4.69, 9.17) is 22.6 Å². The molecule has 6 nitrogen and oxygen atoms in total. The largest absolute Gasteiger partial charge is 0.457 e. The van der Waals surface area contributed by atoms with Crippen LogP contribution in [0.1, 0.15) is 0 Å². The predicted molar refractivity (Wildman–Crippen MR) is 145 cm³/mol. The van der Waals surface area contributed by atoms with Crippen LogP contribution in [0.4, 0.5) is 0 Å². The van der Waals surface area contributed by atoms with E-state index in [2.05, 4.69) is 9.69 Å². The van der Waals surface area contributed by atoms with Gasteiger partial charge in [-0.2, -0.15) is 0 Å². The molecule has 0 saturated carbocycles. The molecule has 38 heavy (non-hydrogen) atoms. The molecule has 0 atom stereocenters. The quantitative estimate of drug-likeness (QED) is 0.265. The van der Waals surface area contributed by atoms with Crippen LogP contribution >= 0.6 is 0 Å². The molecule has 0 N–H and O–H groups in total. The molecule has 176 valence electrons. The topological polar surface area (TPSA) is 74.8 Å². The van der Waals surface area contributed by atoms with Crippen LogP contribution in [0.5, 0.6) is 23.0 Å². The van der Waals surface area contributed by atoms with Gasteiger partial charge in [0.1, 0.15) is 23.0 Å². The van der Waals surface area contributed by atoms with Gasteiger partial charge < -0.3 is 9.47 Å². The number of hydrogen-bond acceptors (Lipinski definition) is 4. The molecular weight excluding hydrogens is 472 g/mol. The molecule has 0 aliphatic carbocycles. The Kier molecular flexibility index (Phi) is 6.39. The van der Waals surface area contributed by atoms with Crippen molar-refractivity contribution < 1.29 is 9.47 Å². The van der Waals surface area contributed by atoms with Gasteiger partial charge in [0.05, 0.1) is 25.3 Å². The van der Waals surface area contributed by atoms with Crippen molar-refractivity contribution in [3.8, 4) is 35.1 Å². The van der Waals surface area contributed by atoms with Gasteiger partial charge in [0.25, 0.3) is 11.4 Å². The van der Waals surface area contributed by atoms with Crippen LogP contribution in [-0.2, 0) is 0 Å². The third kappa shape index (κ3) is 4.34. The lowest BCUT2D eigenvalue weighted by Crippen LogP contribution is -2.17. The molecule has 0 spiro atoms. The number of ether oxygens (including phenoxy) is 2. The van der Waals surface area contributed by atoms with Crippen molar-refractivity contribution in [1.29, 1.82) is 10.5 Å². The zero-order chi connectivity index (χ0) is 26.5. The maximum Gasteiger partial charge on any atom is 0.272 e. The number of fused-ring (bicyclic) bond motifs is 2. The van der Waals surface area contributed by atoms with E-state index in [1.807, 2.05) is 84.9 Å². The van der Waals surface area contributed by atoms with E-state index in [1.54, 1.807) is 12.1 Å². The first-order chi connectivity index (χ1) is 18.7. The first-order valence-corrected chi connectivity index (χ1v) is 11.5. The summed E-state index contributed by atoms with van der Waals surface area (Å²) in [4.78, 5) is 6.78. The summed E-state index contributed by atoms with van der Waals surface area (Å²) in [5.41, 5.74) is -0.424. The molecule has 0 amide bonds. The number of benzene rings is 5. The lowest BCUT2D eigenvalue weighted by molar-refractivity contribution is 0.468. The first-order valence-electron chi connectivity index (χ1n) is 11.5. The number of hydrogen-bond donors (Lipinski definition) is 0. The SMILES string of the molecule is [C-]#[N+]/C(C#N)=c1/cc(Oc2cccc3ccccc23)/c(=C(\C#N)[N+]#[C-])cc1Oc1cccc2ccccc12. The van der Waals surface area contributed by atoms with Crippen molar-refractivity contribution in [3.63, 3.8) is 0 Å². The van der Waals surface area contributed by atoms with E-state index in [1.165, 1.54) is 12.1 Å². The molecule has 5 aromatic rings. The highest BCUT2D eigenvalue weighted by Crippen LogP contribution is 2.31. The third-order valence-corrected chi connectivity index (χ3v) is 5.97. The van der Waals surface area contributed by atoms with Gasteiger partial charge in [0, 0.05) is 21.2 Å². The van der Waals surface area contributed by atoms with Crippen LogP contribution in [0.15, 0.2) is 97.1 Å². The summed E-state index contributed by atoms with van der Waals surface area (Å²) in [7, 11) is 0. The molecule has 0 fully saturated rings. The van der Waals surface area contributed by atoms with Crippen molar-refractivity contribution in [2.75, 3.05) is 0 Å². The van der Waals surface area contributed by atoms with Crippen molar-refractivity contribution in [3.05, 3.63) is 130 Å². The molecule has 0 bridgehead atoms. The van der Waals surface area contributed by atoms with Gasteiger partial charge in [-0.05, 0) is 35.0 Å². The van der Waals surface area contributed by atoms with Crippen molar-refractivity contribution in [2.24, 2.45) is 0 Å². The fraction of sp³-hybridized carbons (Fsp3) is 0. The summed E-state index contributed by atoms with van der Waals surface area (Å²) < 4.78 is 12.5. The normalized spacial score (nSPS) is 11.9. The Morgan fingerprint density at radius 3 is 1.34 bits per heavy atom. The monoisotopic (exact) mass is 488 g/mol. The average molecular weight is 489 g/mol. The van der Waals surface area contributed by atoms with E-state index in [0.29, 0.717) is 11.5 Å². The zero-order valence-corrected chi connectivity index (χ0v) is 19.8. The lowest BCUT2D eigenvalue weighted by atomic mass is 10.1. The Bertz CT molecular complexity index is 1840. The minimum Gasteiger partial charge on any atom is -0.457 e. The predicted octanol–water partition coefficient (Wildman–Crippen LogP) is 6.68. The molecule has 6 heteroatoms. The molecular formula is C32H16N4O2. The van der Waals surface area contributed by atoms with Crippen LogP contribution < -0.4 is 19.9 Å². The highest BCUT2D eigenvalue weighted by Gasteiger charge is 2.15. The molecule has 0 aromatic heterocycles. The van der Waals surface area contributed by atoms with Crippen LogP contribution in [-0.4, -0.2) is 0 Å². The number of nitriles is 2. The second kappa shape index (κ2) is 10.3. The van der Waals surface area contributed by atoms with Crippen molar-refractivity contribution >= 4 is 32.9 Å². The number of nitrogens with zero attached hydrogens (tertiary/aromatic N) is 4. The standard InChI is InChI=1S/C32H16N4O2/c1-35-27(19-33)25-17-32(38-30-16-8-12-22-10-4-6-14-24(22)30)26(28(20-34)36-2)18-31(25)37-29-15-7-11-21-9-3-5-13-23(21)29/h3-18H/b27-25-,28-26+. The van der Waals surface area contributed by atoms with E-state index >= 15 is 0 Å². The van der Waals surface area contributed by atoms with Gasteiger partial charge in [-0.3, -0.25) is 0 Å². The maximum absolute atomic E-state index is 9.73. The molecule has 5 aromatic carbocycles. The summed E-state index contributed by atoms with van der Waals surface area (Å²) in [5.74, 6) is 1.32. The second-order valence-corrected chi connectivity index (χ2v) is 8.15. The fourth-order valence-electron chi connectivity index (χ4n) is 4.20. The summed E-state index contributed by atoms with van der Waals surface area (Å²) in [6.07, 6.45) is 0. The molecule has 0 radical (unpaired) electrons. The minimum absolute atomic E-state index is 0.158. The van der Waals surface area contributed by atoms with E-state index in [9.17, 15) is 10.5 Å². The van der Waals surface area contributed by atoms with E-state index < -0.39 is 0 Å². The number of rotatable bonds is 4. The van der Waals surface area contributed by atoms with Crippen LogP contribution in [0.25, 0.3) is 42.6 Å². The van der Waals surface area contributed by atoms with Gasteiger partial charge in [0.15, 0.2) is 0 Å². The molecule has 0 aliphatic heterocycles. The average Bonchev–Trinajstić information content (AvgIpc) is 2.96. The first kappa shape index (κ1) is 23.7. The molecule has 0 saturated heterocycles. The van der Waals surface area contributed by atoms with Crippen molar-refractivity contribution in [1.82, 2.24) is 0 Å². The van der Waals surface area contributed by atoms with Gasteiger partial charge >= 0.3 is 0 Å². The molecule has 0 aliphatic rings. The minimum atomic E-state index is -0.212. The van der Waals surface area contributed by atoms with E-state index in [-0.39, 0.29) is 33.3 Å². The van der Waals surface area contributed by atoms with Gasteiger partial charge in [0.2, 0.25) is 0 Å². The fourth-order valence-corrected chi connectivity index (χ4v) is 4.20. The smallest absolute Gasteiger partial charge is 0.272 e. The van der Waals surface area contributed by atoms with Gasteiger partial charge in [-0.15, -0.1) is 0 Å². The van der Waals surface area contributed by atoms with Crippen LogP contribution in [0.2, 0.25) is 0 Å².